The number of benzene rings is 1. The van der Waals surface area contributed by atoms with E-state index in [0.29, 0.717) is 6.42 Å². The summed E-state index contributed by atoms with van der Waals surface area (Å²) >= 11 is 0. The number of hydrogen-bond donors (Lipinski definition) is 0. The highest BCUT2D eigenvalue weighted by atomic mass is 14.7. The van der Waals surface area contributed by atoms with Crippen molar-refractivity contribution in [2.24, 2.45) is 0 Å². The molecule has 2 nitrogen and oxygen atoms in total. The topological polar surface area (TPSA) is 36.7 Å². The first-order valence-electron chi connectivity index (χ1n) is 5.60. The maximum absolute atomic E-state index is 8.82. The van der Waals surface area contributed by atoms with Crippen LogP contribution in [0.3, 0.4) is 0 Å². The molecule has 1 heterocycles. The quantitative estimate of drug-likeness (QED) is 0.780. The van der Waals surface area contributed by atoms with Gasteiger partial charge in [0.2, 0.25) is 0 Å². The summed E-state index contributed by atoms with van der Waals surface area (Å²) in [6.45, 7) is 4.15. The van der Waals surface area contributed by atoms with Gasteiger partial charge in [0.15, 0.2) is 0 Å². The van der Waals surface area contributed by atoms with E-state index in [2.05, 4.69) is 43.1 Å². The van der Waals surface area contributed by atoms with Crippen LogP contribution in [0.5, 0.6) is 0 Å². The highest BCUT2D eigenvalue weighted by Gasteiger charge is 2.06. The van der Waals surface area contributed by atoms with Crippen LogP contribution in [-0.2, 0) is 6.42 Å². The molecule has 2 heteroatoms. The predicted octanol–water partition coefficient (Wildman–Crippen LogP) is 3.43. The molecule has 0 aliphatic heterocycles. The lowest BCUT2D eigenvalue weighted by atomic mass is 10.0. The van der Waals surface area contributed by atoms with Crippen molar-refractivity contribution in [2.45, 2.75) is 20.3 Å². The monoisotopic (exact) mass is 222 g/mol. The Bertz CT molecular complexity index is 559. The summed E-state index contributed by atoms with van der Waals surface area (Å²) in [6.07, 6.45) is 2.17. The van der Waals surface area contributed by atoms with Gasteiger partial charge in [-0.15, -0.1) is 0 Å². The third kappa shape index (κ3) is 2.51. The second-order valence-electron chi connectivity index (χ2n) is 4.22. The first-order chi connectivity index (χ1) is 8.20. The van der Waals surface area contributed by atoms with Crippen molar-refractivity contribution in [3.8, 4) is 17.3 Å². The Labute approximate surface area is 102 Å². The van der Waals surface area contributed by atoms with E-state index in [0.717, 1.165) is 16.8 Å². The van der Waals surface area contributed by atoms with E-state index in [4.69, 9.17) is 5.26 Å². The molecule has 0 N–H and O–H groups in total. The lowest BCUT2D eigenvalue weighted by Crippen LogP contribution is -1.93. The summed E-state index contributed by atoms with van der Waals surface area (Å²) in [5.41, 5.74) is 5.43. The third-order valence-corrected chi connectivity index (χ3v) is 2.66. The van der Waals surface area contributed by atoms with Crippen LogP contribution in [0.4, 0.5) is 0 Å². The van der Waals surface area contributed by atoms with Crippen LogP contribution >= 0.6 is 0 Å². The molecule has 0 amide bonds. The number of aromatic nitrogens is 1. The Morgan fingerprint density at radius 2 is 1.88 bits per heavy atom. The minimum atomic E-state index is 0.399. The van der Waals surface area contributed by atoms with E-state index in [1.807, 2.05) is 12.1 Å². The highest BCUT2D eigenvalue weighted by molar-refractivity contribution is 5.65. The molecule has 0 aliphatic rings. The fourth-order valence-electron chi connectivity index (χ4n) is 2.04. The molecule has 0 spiro atoms. The first-order valence-corrected chi connectivity index (χ1v) is 5.60. The first kappa shape index (κ1) is 11.3. The fraction of sp³-hybridized carbons (Fsp3) is 0.200. The molecule has 0 fully saturated rings. The van der Waals surface area contributed by atoms with Gasteiger partial charge in [-0.2, -0.15) is 5.26 Å². The SMILES string of the molecule is Cc1cc(C)cc(-c2ncccc2CC#N)c1. The van der Waals surface area contributed by atoms with E-state index >= 15 is 0 Å². The van der Waals surface area contributed by atoms with Crippen LogP contribution in [0, 0.1) is 25.2 Å². The number of hydrogen-bond acceptors (Lipinski definition) is 2. The maximum atomic E-state index is 8.82. The summed E-state index contributed by atoms with van der Waals surface area (Å²) in [7, 11) is 0. The molecule has 0 unspecified atom stereocenters. The summed E-state index contributed by atoms with van der Waals surface area (Å²) in [5, 5.41) is 8.82. The van der Waals surface area contributed by atoms with Gasteiger partial charge in [-0.1, -0.05) is 23.3 Å². The molecule has 2 aromatic rings. The molecule has 0 radical (unpaired) electrons. The van der Waals surface area contributed by atoms with Crippen LogP contribution in [0.25, 0.3) is 11.3 Å². The van der Waals surface area contributed by atoms with Crippen molar-refractivity contribution in [3.05, 3.63) is 53.2 Å². The van der Waals surface area contributed by atoms with Crippen molar-refractivity contribution in [1.29, 1.82) is 5.26 Å². The summed E-state index contributed by atoms with van der Waals surface area (Å²) in [5.74, 6) is 0. The molecular formula is C15H14N2. The zero-order chi connectivity index (χ0) is 12.3. The van der Waals surface area contributed by atoms with Crippen LogP contribution in [-0.4, -0.2) is 4.98 Å². The van der Waals surface area contributed by atoms with E-state index in [1.165, 1.54) is 11.1 Å². The lowest BCUT2D eigenvalue weighted by molar-refractivity contribution is 1.19. The molecule has 0 saturated heterocycles. The van der Waals surface area contributed by atoms with Gasteiger partial charge in [0.05, 0.1) is 18.2 Å². The number of aryl methyl sites for hydroxylation is 2. The maximum Gasteiger partial charge on any atom is 0.0744 e. The second-order valence-corrected chi connectivity index (χ2v) is 4.22. The number of nitriles is 1. The van der Waals surface area contributed by atoms with Crippen LogP contribution in [0.15, 0.2) is 36.5 Å². The molecule has 17 heavy (non-hydrogen) atoms. The van der Waals surface area contributed by atoms with E-state index in [9.17, 15) is 0 Å². The largest absolute Gasteiger partial charge is 0.256 e. The molecule has 2 rings (SSSR count). The average Bonchev–Trinajstić information content (AvgIpc) is 2.29. The average molecular weight is 222 g/mol. The zero-order valence-electron chi connectivity index (χ0n) is 10.1. The molecule has 0 saturated carbocycles. The van der Waals surface area contributed by atoms with Gasteiger partial charge >= 0.3 is 0 Å². The number of pyridine rings is 1. The van der Waals surface area contributed by atoms with Gasteiger partial charge < -0.3 is 0 Å². The standard InChI is InChI=1S/C15H14N2/c1-11-8-12(2)10-14(9-11)15-13(5-6-16)4-3-7-17-15/h3-4,7-10H,5H2,1-2H3. The van der Waals surface area contributed by atoms with Crippen molar-refractivity contribution in [1.82, 2.24) is 4.98 Å². The van der Waals surface area contributed by atoms with Crippen molar-refractivity contribution in [3.63, 3.8) is 0 Å². The minimum Gasteiger partial charge on any atom is -0.256 e. The van der Waals surface area contributed by atoms with Gasteiger partial charge in [-0.05, 0) is 37.6 Å². The Hall–Kier alpha value is -2.14. The molecule has 84 valence electrons. The summed E-state index contributed by atoms with van der Waals surface area (Å²) in [6, 6.07) is 12.4. The van der Waals surface area contributed by atoms with Crippen molar-refractivity contribution in [2.75, 3.05) is 0 Å². The predicted molar refractivity (Wildman–Crippen MR) is 68.5 cm³/mol. The smallest absolute Gasteiger partial charge is 0.0744 e. The van der Waals surface area contributed by atoms with E-state index in [1.54, 1.807) is 6.20 Å². The Morgan fingerprint density at radius 3 is 2.53 bits per heavy atom. The van der Waals surface area contributed by atoms with Gasteiger partial charge in [0, 0.05) is 11.8 Å². The number of rotatable bonds is 2. The highest BCUT2D eigenvalue weighted by Crippen LogP contribution is 2.23. The third-order valence-electron chi connectivity index (χ3n) is 2.66. The van der Waals surface area contributed by atoms with Crippen LogP contribution in [0.2, 0.25) is 0 Å². The van der Waals surface area contributed by atoms with Crippen molar-refractivity contribution < 1.29 is 0 Å². The van der Waals surface area contributed by atoms with Gasteiger partial charge in [0.1, 0.15) is 0 Å². The molecule has 0 bridgehead atoms. The second kappa shape index (κ2) is 4.80. The van der Waals surface area contributed by atoms with Gasteiger partial charge in [0.25, 0.3) is 0 Å². The van der Waals surface area contributed by atoms with Gasteiger partial charge in [-0.3, -0.25) is 4.98 Å². The van der Waals surface area contributed by atoms with Crippen molar-refractivity contribution >= 4 is 0 Å². The summed E-state index contributed by atoms with van der Waals surface area (Å²) in [4.78, 5) is 4.40. The van der Waals surface area contributed by atoms with Crippen LogP contribution < -0.4 is 0 Å². The molecule has 1 aromatic carbocycles. The van der Waals surface area contributed by atoms with E-state index < -0.39 is 0 Å². The number of nitrogens with zero attached hydrogens (tertiary/aromatic N) is 2. The molecular weight excluding hydrogens is 208 g/mol. The van der Waals surface area contributed by atoms with Crippen LogP contribution in [0.1, 0.15) is 16.7 Å². The van der Waals surface area contributed by atoms with Gasteiger partial charge in [-0.25, -0.2) is 0 Å². The Morgan fingerprint density at radius 1 is 1.18 bits per heavy atom. The minimum absolute atomic E-state index is 0.399. The normalized spacial score (nSPS) is 9.94. The lowest BCUT2D eigenvalue weighted by Gasteiger charge is -2.08. The zero-order valence-corrected chi connectivity index (χ0v) is 10.1. The Kier molecular flexibility index (Phi) is 3.20. The fourth-order valence-corrected chi connectivity index (χ4v) is 2.04. The van der Waals surface area contributed by atoms with E-state index in [-0.39, 0.29) is 0 Å². The molecule has 0 aliphatic carbocycles. The summed E-state index contributed by atoms with van der Waals surface area (Å²) < 4.78 is 0. The molecule has 1 aromatic heterocycles. The molecule has 0 atom stereocenters. The Balaban J connectivity index is 2.56.